The summed E-state index contributed by atoms with van der Waals surface area (Å²) in [4.78, 5) is 0. The molecule has 0 aliphatic heterocycles. The number of aryl methyl sites for hydroxylation is 2. The van der Waals surface area contributed by atoms with E-state index in [-0.39, 0.29) is 0 Å². The lowest BCUT2D eigenvalue weighted by Crippen LogP contribution is -2.30. The van der Waals surface area contributed by atoms with E-state index in [0.29, 0.717) is 0 Å². The van der Waals surface area contributed by atoms with Crippen LogP contribution in [0.25, 0.3) is 72.6 Å². The first-order valence-corrected chi connectivity index (χ1v) is 18.4. The molecule has 0 saturated carbocycles. The SMILES string of the molecule is Cc1cccc(Oc2ccccc2)c1-c1n(-c2ccc(-c3ccc(-c4ccc(-c5ccc(-c6ccccc6)cc5)cc4)cc3)cc2)c2ccccc2[n+]1C. The molecule has 1 heterocycles. The van der Waals surface area contributed by atoms with E-state index in [1.54, 1.807) is 0 Å². The lowest BCUT2D eigenvalue weighted by atomic mass is 9.97. The van der Waals surface area contributed by atoms with Gasteiger partial charge in [0.25, 0.3) is 5.82 Å². The van der Waals surface area contributed by atoms with Crippen LogP contribution in [0.2, 0.25) is 0 Å². The van der Waals surface area contributed by atoms with Crippen LogP contribution in [0.3, 0.4) is 0 Å². The average Bonchev–Trinajstić information content (AvgIpc) is 3.53. The van der Waals surface area contributed by atoms with Crippen molar-refractivity contribution in [1.29, 1.82) is 0 Å². The molecular weight excluding hydrogens is 657 g/mol. The highest BCUT2D eigenvalue weighted by molar-refractivity contribution is 5.82. The van der Waals surface area contributed by atoms with Crippen molar-refractivity contribution in [2.75, 3.05) is 0 Å². The molecule has 0 amide bonds. The van der Waals surface area contributed by atoms with Gasteiger partial charge in [-0.2, -0.15) is 4.57 Å². The Labute approximate surface area is 316 Å². The summed E-state index contributed by atoms with van der Waals surface area (Å²) < 4.78 is 11.1. The molecular formula is C51H39N2O+. The minimum Gasteiger partial charge on any atom is -0.456 e. The fourth-order valence-corrected chi connectivity index (χ4v) is 7.48. The van der Waals surface area contributed by atoms with Crippen molar-refractivity contribution in [1.82, 2.24) is 4.57 Å². The van der Waals surface area contributed by atoms with E-state index in [1.807, 2.05) is 30.3 Å². The highest BCUT2D eigenvalue weighted by Crippen LogP contribution is 2.38. The van der Waals surface area contributed by atoms with Gasteiger partial charge in [-0.05, 0) is 99.5 Å². The van der Waals surface area contributed by atoms with E-state index in [9.17, 15) is 0 Å². The summed E-state index contributed by atoms with van der Waals surface area (Å²) in [6, 6.07) is 70.8. The minimum absolute atomic E-state index is 0.812. The highest BCUT2D eigenvalue weighted by Gasteiger charge is 2.29. The Hall–Kier alpha value is -6.97. The van der Waals surface area contributed by atoms with Crippen LogP contribution < -0.4 is 9.30 Å². The number of aromatic nitrogens is 2. The van der Waals surface area contributed by atoms with Crippen LogP contribution in [0, 0.1) is 6.92 Å². The van der Waals surface area contributed by atoms with Gasteiger partial charge in [0, 0.05) is 0 Å². The molecule has 9 aromatic rings. The number of hydrogen-bond acceptors (Lipinski definition) is 1. The molecule has 0 unspecified atom stereocenters. The topological polar surface area (TPSA) is 18.0 Å². The molecule has 9 rings (SSSR count). The zero-order chi connectivity index (χ0) is 36.4. The fraction of sp³-hybridized carbons (Fsp3) is 0.0392. The number of hydrogen-bond donors (Lipinski definition) is 0. The largest absolute Gasteiger partial charge is 0.456 e. The molecule has 0 saturated heterocycles. The van der Waals surface area contributed by atoms with Crippen molar-refractivity contribution in [3.8, 4) is 73.1 Å². The van der Waals surface area contributed by atoms with Gasteiger partial charge in [-0.15, -0.1) is 0 Å². The third-order valence-electron chi connectivity index (χ3n) is 10.3. The van der Waals surface area contributed by atoms with E-state index in [1.165, 1.54) is 44.5 Å². The Bertz CT molecular complexity index is 2690. The summed E-state index contributed by atoms with van der Waals surface area (Å²) in [7, 11) is 2.14. The molecule has 0 fully saturated rings. The number of para-hydroxylation sites is 3. The number of fused-ring (bicyclic) bond motifs is 1. The molecule has 3 heteroatoms. The van der Waals surface area contributed by atoms with Crippen molar-refractivity contribution < 1.29 is 9.30 Å². The van der Waals surface area contributed by atoms with Crippen molar-refractivity contribution in [3.05, 3.63) is 206 Å². The Morgan fingerprint density at radius 1 is 0.407 bits per heavy atom. The predicted molar refractivity (Wildman–Crippen MR) is 223 cm³/mol. The summed E-state index contributed by atoms with van der Waals surface area (Å²) in [6.07, 6.45) is 0. The maximum absolute atomic E-state index is 6.52. The fourth-order valence-electron chi connectivity index (χ4n) is 7.48. The summed E-state index contributed by atoms with van der Waals surface area (Å²) in [5.41, 5.74) is 15.2. The van der Waals surface area contributed by atoms with Crippen molar-refractivity contribution in [3.63, 3.8) is 0 Å². The lowest BCUT2D eigenvalue weighted by molar-refractivity contribution is -0.633. The van der Waals surface area contributed by atoms with E-state index in [0.717, 1.165) is 45.2 Å². The van der Waals surface area contributed by atoms with Gasteiger partial charge in [0.05, 0.1) is 7.05 Å². The maximum Gasteiger partial charge on any atom is 0.298 e. The van der Waals surface area contributed by atoms with Crippen LogP contribution in [0.5, 0.6) is 11.5 Å². The van der Waals surface area contributed by atoms with Crippen LogP contribution in [0.4, 0.5) is 0 Å². The van der Waals surface area contributed by atoms with Gasteiger partial charge in [0.1, 0.15) is 22.7 Å². The Morgan fingerprint density at radius 3 is 1.35 bits per heavy atom. The molecule has 1 aromatic heterocycles. The lowest BCUT2D eigenvalue weighted by Gasteiger charge is -2.13. The van der Waals surface area contributed by atoms with Gasteiger partial charge < -0.3 is 4.74 Å². The Morgan fingerprint density at radius 2 is 0.833 bits per heavy atom. The first kappa shape index (κ1) is 32.9. The quantitative estimate of drug-likeness (QED) is 0.145. The molecule has 3 nitrogen and oxygen atoms in total. The third kappa shape index (κ3) is 6.27. The van der Waals surface area contributed by atoms with Gasteiger partial charge in [0.15, 0.2) is 11.0 Å². The monoisotopic (exact) mass is 695 g/mol. The normalized spacial score (nSPS) is 11.1. The Balaban J connectivity index is 0.993. The highest BCUT2D eigenvalue weighted by atomic mass is 16.5. The zero-order valence-corrected chi connectivity index (χ0v) is 30.4. The second-order valence-electron chi connectivity index (χ2n) is 13.7. The Kier molecular flexibility index (Phi) is 8.66. The maximum atomic E-state index is 6.52. The van der Waals surface area contributed by atoms with Gasteiger partial charge in [0.2, 0.25) is 0 Å². The van der Waals surface area contributed by atoms with Crippen LogP contribution >= 0.6 is 0 Å². The molecule has 0 aliphatic rings. The number of ether oxygens (including phenoxy) is 1. The first-order valence-electron chi connectivity index (χ1n) is 18.4. The summed E-state index contributed by atoms with van der Waals surface area (Å²) in [5.74, 6) is 2.70. The number of benzene rings is 8. The van der Waals surface area contributed by atoms with Crippen molar-refractivity contribution in [2.45, 2.75) is 6.92 Å². The molecule has 0 aliphatic carbocycles. The molecule has 258 valence electrons. The predicted octanol–water partition coefficient (Wildman–Crippen LogP) is 12.9. The molecule has 0 bridgehead atoms. The zero-order valence-electron chi connectivity index (χ0n) is 30.4. The van der Waals surface area contributed by atoms with Gasteiger partial charge in [-0.25, -0.2) is 4.57 Å². The number of rotatable bonds is 8. The van der Waals surface area contributed by atoms with E-state index in [2.05, 4.69) is 193 Å². The summed E-state index contributed by atoms with van der Waals surface area (Å²) in [5, 5.41) is 0. The summed E-state index contributed by atoms with van der Waals surface area (Å²) >= 11 is 0. The minimum atomic E-state index is 0.812. The van der Waals surface area contributed by atoms with Gasteiger partial charge in [-0.1, -0.05) is 158 Å². The average molecular weight is 696 g/mol. The van der Waals surface area contributed by atoms with Gasteiger partial charge >= 0.3 is 0 Å². The second-order valence-corrected chi connectivity index (χ2v) is 13.7. The van der Waals surface area contributed by atoms with Crippen LogP contribution in [0.1, 0.15) is 5.56 Å². The third-order valence-corrected chi connectivity index (χ3v) is 10.3. The van der Waals surface area contributed by atoms with Gasteiger partial charge in [-0.3, -0.25) is 0 Å². The molecule has 0 spiro atoms. The molecule has 0 radical (unpaired) electrons. The van der Waals surface area contributed by atoms with E-state index >= 15 is 0 Å². The molecule has 54 heavy (non-hydrogen) atoms. The smallest absolute Gasteiger partial charge is 0.298 e. The summed E-state index contributed by atoms with van der Waals surface area (Å²) in [6.45, 7) is 2.15. The van der Waals surface area contributed by atoms with E-state index < -0.39 is 0 Å². The molecule has 0 atom stereocenters. The van der Waals surface area contributed by atoms with Crippen LogP contribution in [-0.2, 0) is 7.05 Å². The standard InChI is InChI=1S/C51H39N2O/c1-36-12-11-19-49(54-46-15-7-4-8-16-46)50(36)51-52(2)47-17-9-10-18-48(47)53(51)45-34-32-44(33-35-45)43-30-28-42(29-31-43)41-26-24-40(25-27-41)39-22-20-38(21-23-39)37-13-5-3-6-14-37/h3-35H,1-2H3/q+1. The first-order chi connectivity index (χ1) is 26.6. The molecule has 8 aromatic carbocycles. The van der Waals surface area contributed by atoms with E-state index in [4.69, 9.17) is 4.74 Å². The molecule has 0 N–H and O–H groups in total. The van der Waals surface area contributed by atoms with Crippen molar-refractivity contribution in [2.24, 2.45) is 7.05 Å². The second kappa shape index (κ2) is 14.2. The van der Waals surface area contributed by atoms with Crippen LogP contribution in [0.15, 0.2) is 200 Å². The van der Waals surface area contributed by atoms with Crippen molar-refractivity contribution >= 4 is 11.0 Å². The number of imidazole rings is 1. The number of nitrogens with zero attached hydrogens (tertiary/aromatic N) is 2. The van der Waals surface area contributed by atoms with Crippen LogP contribution in [-0.4, -0.2) is 4.57 Å².